The van der Waals surface area contributed by atoms with Gasteiger partial charge in [0.2, 0.25) is 0 Å². The second kappa shape index (κ2) is 18.1. The first-order valence-electron chi connectivity index (χ1n) is 19.8. The van der Waals surface area contributed by atoms with Crippen LogP contribution < -0.4 is 19.3 Å². The lowest BCUT2D eigenvalue weighted by atomic mass is 10.0. The first-order chi connectivity index (χ1) is 28.1. The van der Waals surface area contributed by atoms with Crippen molar-refractivity contribution in [2.75, 3.05) is 16.3 Å². The number of hydrogen-bond donors (Lipinski definition) is 0. The second-order valence-corrected chi connectivity index (χ2v) is 15.3. The number of hydrogen-bond acceptors (Lipinski definition) is 6. The minimum absolute atomic E-state index is 0.514. The van der Waals surface area contributed by atoms with Gasteiger partial charge in [0.1, 0.15) is 31.0 Å². The van der Waals surface area contributed by atoms with Crippen molar-refractivity contribution in [2.24, 2.45) is 0 Å². The van der Waals surface area contributed by atoms with E-state index < -0.39 is 0 Å². The van der Waals surface area contributed by atoms with E-state index in [0.717, 1.165) is 75.0 Å². The Morgan fingerprint density at radius 3 is 1.60 bits per heavy atom. The van der Waals surface area contributed by atoms with Gasteiger partial charge >= 0.3 is 0 Å². The van der Waals surface area contributed by atoms with Crippen LogP contribution in [0.15, 0.2) is 180 Å². The first-order valence-corrected chi connectivity index (χ1v) is 20.6. The maximum absolute atomic E-state index is 11.7. The fourth-order valence-corrected chi connectivity index (χ4v) is 8.39. The van der Waals surface area contributed by atoms with Gasteiger partial charge in [-0.15, -0.1) is 0 Å². The molecule has 7 aromatic rings. The Kier molecular flexibility index (Phi) is 12.0. The Morgan fingerprint density at radius 1 is 0.544 bits per heavy atom. The summed E-state index contributed by atoms with van der Waals surface area (Å²) in [6, 6.07) is 58.6. The zero-order valence-electron chi connectivity index (χ0n) is 32.2. The fraction of sp³-hybridized carbons (Fsp3) is 0.157. The molecule has 6 heteroatoms. The molecule has 7 aromatic carbocycles. The lowest BCUT2D eigenvalue weighted by molar-refractivity contribution is 0.112. The van der Waals surface area contributed by atoms with E-state index in [4.69, 9.17) is 9.47 Å². The van der Waals surface area contributed by atoms with E-state index in [-0.39, 0.29) is 0 Å². The quantitative estimate of drug-likeness (QED) is 0.0721. The number of carbonyl (C=O) groups is 1. The van der Waals surface area contributed by atoms with Crippen molar-refractivity contribution in [3.05, 3.63) is 187 Å². The molecule has 0 atom stereocenters. The van der Waals surface area contributed by atoms with Crippen molar-refractivity contribution in [2.45, 2.75) is 55.6 Å². The molecule has 0 N–H and O–H groups in total. The molecule has 1 aliphatic rings. The summed E-state index contributed by atoms with van der Waals surface area (Å²) >= 11 is 1.75. The predicted octanol–water partition coefficient (Wildman–Crippen LogP) is 14.0. The fourth-order valence-electron chi connectivity index (χ4n) is 7.21. The van der Waals surface area contributed by atoms with Gasteiger partial charge in [-0.3, -0.25) is 4.79 Å². The third kappa shape index (κ3) is 9.09. The molecule has 0 radical (unpaired) electrons. The molecular formula is C51H46N2O3S. The molecule has 8 rings (SSSR count). The van der Waals surface area contributed by atoms with Gasteiger partial charge in [-0.25, -0.2) is 0 Å². The molecule has 57 heavy (non-hydrogen) atoms. The normalized spacial score (nSPS) is 11.7. The van der Waals surface area contributed by atoms with Crippen LogP contribution in [0.5, 0.6) is 11.5 Å². The van der Waals surface area contributed by atoms with Crippen molar-refractivity contribution >= 4 is 46.5 Å². The summed E-state index contributed by atoms with van der Waals surface area (Å²) in [5.41, 5.74) is 10.7. The highest BCUT2D eigenvalue weighted by Crippen LogP contribution is 2.50. The van der Waals surface area contributed by atoms with E-state index in [1.807, 2.05) is 72.8 Å². The summed E-state index contributed by atoms with van der Waals surface area (Å²) in [6.07, 6.45) is 5.71. The van der Waals surface area contributed by atoms with Crippen LogP contribution in [0, 0.1) is 0 Å². The molecule has 1 heterocycles. The Hall–Kier alpha value is -6.24. The van der Waals surface area contributed by atoms with Crippen LogP contribution >= 0.6 is 11.8 Å². The molecule has 0 unspecified atom stereocenters. The highest BCUT2D eigenvalue weighted by Gasteiger charge is 2.24. The molecule has 0 saturated carbocycles. The summed E-state index contributed by atoms with van der Waals surface area (Å²) in [5, 5.41) is 0. The molecule has 1 aliphatic heterocycles. The molecule has 0 fully saturated rings. The van der Waals surface area contributed by atoms with Gasteiger partial charge in [0, 0.05) is 39.0 Å². The standard InChI is InChI=1S/C51H46N2O3S/c1-2-3-4-11-32-52-48-30-16-40(35-54)33-50(48)57-51-34-42(19-31-49(51)52)41-17-20-43(21-18-41)53(44-22-26-46(27-23-44)55-36-38-12-7-5-8-13-38)45-24-28-47(29-25-45)56-37-39-14-9-6-10-15-39/h5-10,12-31,33-35H,2-4,11,32,36-37H2,1H3. The van der Waals surface area contributed by atoms with Gasteiger partial charge in [0.15, 0.2) is 0 Å². The molecule has 0 aliphatic carbocycles. The first kappa shape index (κ1) is 37.7. The number of rotatable bonds is 16. The number of carbonyl (C=O) groups excluding carboxylic acids is 1. The third-order valence-electron chi connectivity index (χ3n) is 10.3. The minimum atomic E-state index is 0.514. The maximum atomic E-state index is 11.7. The number of nitrogens with zero attached hydrogens (tertiary/aromatic N) is 2. The average molecular weight is 767 g/mol. The minimum Gasteiger partial charge on any atom is -0.489 e. The topological polar surface area (TPSA) is 42.0 Å². The summed E-state index contributed by atoms with van der Waals surface area (Å²) in [4.78, 5) is 18.7. The second-order valence-electron chi connectivity index (χ2n) is 14.3. The van der Waals surface area contributed by atoms with Crippen LogP contribution in [0.3, 0.4) is 0 Å². The number of fused-ring (bicyclic) bond motifs is 2. The highest BCUT2D eigenvalue weighted by molar-refractivity contribution is 7.99. The third-order valence-corrected chi connectivity index (χ3v) is 11.4. The number of anilines is 5. The SMILES string of the molecule is CCCCCCN1c2ccc(C=O)cc2Sc2cc(-c3ccc(N(c4ccc(OCc5ccccc5)cc4)c4ccc(OCc5ccccc5)cc4)cc3)ccc21. The molecule has 0 spiro atoms. The van der Waals surface area contributed by atoms with Crippen LogP contribution in [0.1, 0.15) is 54.1 Å². The van der Waals surface area contributed by atoms with E-state index in [0.29, 0.717) is 18.8 Å². The van der Waals surface area contributed by atoms with Crippen molar-refractivity contribution in [3.63, 3.8) is 0 Å². The lowest BCUT2D eigenvalue weighted by Gasteiger charge is -2.33. The molecule has 0 bridgehead atoms. The summed E-state index contributed by atoms with van der Waals surface area (Å²) in [7, 11) is 0. The van der Waals surface area contributed by atoms with Gasteiger partial charge in [0.25, 0.3) is 0 Å². The predicted molar refractivity (Wildman–Crippen MR) is 235 cm³/mol. The Morgan fingerprint density at radius 2 is 1.05 bits per heavy atom. The Labute approximate surface area is 340 Å². The van der Waals surface area contributed by atoms with Gasteiger partial charge in [-0.05, 0) is 120 Å². The Balaban J connectivity index is 1.06. The van der Waals surface area contributed by atoms with Crippen molar-refractivity contribution in [1.82, 2.24) is 0 Å². The highest BCUT2D eigenvalue weighted by atomic mass is 32.2. The lowest BCUT2D eigenvalue weighted by Crippen LogP contribution is -2.22. The van der Waals surface area contributed by atoms with Crippen molar-refractivity contribution < 1.29 is 14.3 Å². The van der Waals surface area contributed by atoms with Crippen LogP contribution in [0.25, 0.3) is 11.1 Å². The molecular weight excluding hydrogens is 721 g/mol. The summed E-state index contributed by atoms with van der Waals surface area (Å²) in [6.45, 7) is 4.22. The van der Waals surface area contributed by atoms with E-state index in [1.54, 1.807) is 11.8 Å². The molecule has 5 nitrogen and oxygen atoms in total. The summed E-state index contributed by atoms with van der Waals surface area (Å²) in [5.74, 6) is 1.63. The zero-order chi connectivity index (χ0) is 38.8. The van der Waals surface area contributed by atoms with Crippen molar-refractivity contribution in [1.29, 1.82) is 0 Å². The van der Waals surface area contributed by atoms with E-state index in [2.05, 4.69) is 114 Å². The number of unbranched alkanes of at least 4 members (excludes halogenated alkanes) is 3. The number of ether oxygens (including phenoxy) is 2. The zero-order valence-corrected chi connectivity index (χ0v) is 33.0. The van der Waals surface area contributed by atoms with E-state index in [9.17, 15) is 4.79 Å². The number of aldehydes is 1. The average Bonchev–Trinajstić information content (AvgIpc) is 3.27. The maximum Gasteiger partial charge on any atom is 0.150 e. The van der Waals surface area contributed by atoms with Gasteiger partial charge in [-0.1, -0.05) is 117 Å². The van der Waals surface area contributed by atoms with Gasteiger partial charge in [0.05, 0.1) is 11.4 Å². The molecule has 0 saturated heterocycles. The molecule has 0 aromatic heterocycles. The smallest absolute Gasteiger partial charge is 0.150 e. The van der Waals surface area contributed by atoms with Crippen LogP contribution in [-0.2, 0) is 13.2 Å². The van der Waals surface area contributed by atoms with Gasteiger partial charge in [-0.2, -0.15) is 0 Å². The van der Waals surface area contributed by atoms with Crippen LogP contribution in [0.4, 0.5) is 28.4 Å². The van der Waals surface area contributed by atoms with Crippen LogP contribution in [0.2, 0.25) is 0 Å². The van der Waals surface area contributed by atoms with E-state index in [1.165, 1.54) is 35.5 Å². The van der Waals surface area contributed by atoms with Crippen molar-refractivity contribution in [3.8, 4) is 22.6 Å². The van der Waals surface area contributed by atoms with Crippen LogP contribution in [-0.4, -0.2) is 12.8 Å². The number of benzene rings is 7. The molecule has 0 amide bonds. The molecule has 284 valence electrons. The van der Waals surface area contributed by atoms with Gasteiger partial charge < -0.3 is 19.3 Å². The van der Waals surface area contributed by atoms with E-state index >= 15 is 0 Å². The monoisotopic (exact) mass is 766 g/mol. The largest absolute Gasteiger partial charge is 0.489 e. The Bertz CT molecular complexity index is 2300. The summed E-state index contributed by atoms with van der Waals surface area (Å²) < 4.78 is 12.3.